The van der Waals surface area contributed by atoms with Crippen molar-refractivity contribution in [2.24, 2.45) is 0 Å². The van der Waals surface area contributed by atoms with Gasteiger partial charge in [-0.15, -0.1) is 0 Å². The van der Waals surface area contributed by atoms with Gasteiger partial charge in [-0.25, -0.2) is 0 Å². The molecule has 1 aromatic rings. The van der Waals surface area contributed by atoms with Crippen molar-refractivity contribution in [3.63, 3.8) is 0 Å². The van der Waals surface area contributed by atoms with Gasteiger partial charge in [0.1, 0.15) is 12.4 Å². The molecule has 1 aliphatic heterocycles. The van der Waals surface area contributed by atoms with Crippen molar-refractivity contribution in [2.75, 3.05) is 13.2 Å². The van der Waals surface area contributed by atoms with Gasteiger partial charge in [0.2, 0.25) is 0 Å². The number of nitrogens with zero attached hydrogens (tertiary/aromatic N) is 1. The van der Waals surface area contributed by atoms with E-state index in [2.05, 4.69) is 0 Å². The van der Waals surface area contributed by atoms with E-state index >= 15 is 0 Å². The number of hydrogen-bond acceptors (Lipinski definition) is 5. The first kappa shape index (κ1) is 13.8. The smallest absolute Gasteiger partial charge is 0.270 e. The molecule has 0 aromatic heterocycles. The van der Waals surface area contributed by atoms with Crippen LogP contribution in [0.1, 0.15) is 31.4 Å². The van der Waals surface area contributed by atoms with Gasteiger partial charge in [0, 0.05) is 24.3 Å². The standard InChI is InChI=1S/C13H17NO5/c1-9(15)12-7-10(14(16)17)4-5-13(12)19-8-11-3-2-6-18-11/h4-5,7,9,11,15H,2-3,6,8H2,1H3/t9-,11?/m0/s1. The summed E-state index contributed by atoms with van der Waals surface area (Å²) in [5, 5.41) is 20.4. The van der Waals surface area contributed by atoms with E-state index in [1.54, 1.807) is 6.92 Å². The Morgan fingerprint density at radius 2 is 2.42 bits per heavy atom. The molecule has 19 heavy (non-hydrogen) atoms. The lowest BCUT2D eigenvalue weighted by molar-refractivity contribution is -0.385. The number of benzene rings is 1. The zero-order valence-corrected chi connectivity index (χ0v) is 10.7. The van der Waals surface area contributed by atoms with Crippen LogP contribution in [0.15, 0.2) is 18.2 Å². The number of aliphatic hydroxyl groups is 1. The number of aliphatic hydroxyl groups excluding tert-OH is 1. The Bertz CT molecular complexity index is 454. The average Bonchev–Trinajstić information content (AvgIpc) is 2.89. The molecule has 1 aliphatic rings. The summed E-state index contributed by atoms with van der Waals surface area (Å²) in [6, 6.07) is 4.24. The summed E-state index contributed by atoms with van der Waals surface area (Å²) in [5.74, 6) is 0.469. The Labute approximate surface area is 111 Å². The normalized spacial score (nSPS) is 20.2. The highest BCUT2D eigenvalue weighted by Gasteiger charge is 2.19. The highest BCUT2D eigenvalue weighted by Crippen LogP contribution is 2.29. The summed E-state index contributed by atoms with van der Waals surface area (Å²) in [5.41, 5.74) is 0.368. The third-order valence-electron chi connectivity index (χ3n) is 3.10. The number of non-ortho nitro benzene ring substituents is 1. The fourth-order valence-corrected chi connectivity index (χ4v) is 2.07. The van der Waals surface area contributed by atoms with Crippen LogP contribution in [-0.4, -0.2) is 29.3 Å². The minimum atomic E-state index is -0.820. The van der Waals surface area contributed by atoms with Crippen LogP contribution in [0, 0.1) is 10.1 Å². The number of hydrogen-bond donors (Lipinski definition) is 1. The first-order valence-electron chi connectivity index (χ1n) is 6.28. The van der Waals surface area contributed by atoms with E-state index in [-0.39, 0.29) is 11.8 Å². The molecule has 1 fully saturated rings. The van der Waals surface area contributed by atoms with Gasteiger partial charge in [0.05, 0.1) is 17.1 Å². The number of rotatable bonds is 5. The van der Waals surface area contributed by atoms with Crippen molar-refractivity contribution >= 4 is 5.69 Å². The second-order valence-corrected chi connectivity index (χ2v) is 4.60. The molecule has 6 nitrogen and oxygen atoms in total. The van der Waals surface area contributed by atoms with Crippen LogP contribution in [0.4, 0.5) is 5.69 Å². The molecule has 2 rings (SSSR count). The molecule has 1 N–H and O–H groups in total. The topological polar surface area (TPSA) is 81.8 Å². The minimum absolute atomic E-state index is 0.0552. The second-order valence-electron chi connectivity index (χ2n) is 4.60. The third-order valence-corrected chi connectivity index (χ3v) is 3.10. The van der Waals surface area contributed by atoms with Gasteiger partial charge in [-0.2, -0.15) is 0 Å². The summed E-state index contributed by atoms with van der Waals surface area (Å²) >= 11 is 0. The Kier molecular flexibility index (Phi) is 4.34. The van der Waals surface area contributed by atoms with E-state index in [1.165, 1.54) is 18.2 Å². The molecule has 0 radical (unpaired) electrons. The van der Waals surface area contributed by atoms with Gasteiger partial charge in [-0.1, -0.05) is 0 Å². The number of nitro groups is 1. The van der Waals surface area contributed by atoms with Gasteiger partial charge in [0.15, 0.2) is 0 Å². The molecule has 0 bridgehead atoms. The lowest BCUT2D eigenvalue weighted by atomic mass is 10.1. The molecule has 0 spiro atoms. The fourth-order valence-electron chi connectivity index (χ4n) is 2.07. The summed E-state index contributed by atoms with van der Waals surface area (Å²) in [7, 11) is 0. The van der Waals surface area contributed by atoms with Gasteiger partial charge in [0.25, 0.3) is 5.69 Å². The molecule has 0 saturated carbocycles. The molecule has 2 atom stereocenters. The molecule has 1 aromatic carbocycles. The molecular formula is C13H17NO5. The highest BCUT2D eigenvalue weighted by atomic mass is 16.6. The van der Waals surface area contributed by atoms with Crippen LogP contribution in [0.25, 0.3) is 0 Å². The van der Waals surface area contributed by atoms with Gasteiger partial charge < -0.3 is 14.6 Å². The molecule has 1 unspecified atom stereocenters. The van der Waals surface area contributed by atoms with Crippen LogP contribution in [0.5, 0.6) is 5.75 Å². The molecule has 1 saturated heterocycles. The monoisotopic (exact) mass is 267 g/mol. The van der Waals surface area contributed by atoms with Gasteiger partial charge >= 0.3 is 0 Å². The highest BCUT2D eigenvalue weighted by molar-refractivity contribution is 5.44. The predicted octanol–water partition coefficient (Wildman–Crippen LogP) is 2.21. The summed E-state index contributed by atoms with van der Waals surface area (Å²) in [4.78, 5) is 10.2. The minimum Gasteiger partial charge on any atom is -0.490 e. The van der Waals surface area contributed by atoms with Crippen molar-refractivity contribution in [3.05, 3.63) is 33.9 Å². The van der Waals surface area contributed by atoms with E-state index < -0.39 is 11.0 Å². The lowest BCUT2D eigenvalue weighted by Crippen LogP contribution is -2.17. The molecule has 0 amide bonds. The quantitative estimate of drug-likeness (QED) is 0.653. The molecule has 104 valence electrons. The molecule has 0 aliphatic carbocycles. The van der Waals surface area contributed by atoms with Crippen molar-refractivity contribution in [1.82, 2.24) is 0 Å². The van der Waals surface area contributed by atoms with Crippen LogP contribution in [0.2, 0.25) is 0 Å². The summed E-state index contributed by atoms with van der Waals surface area (Å²) in [6.45, 7) is 2.70. The first-order valence-corrected chi connectivity index (χ1v) is 6.28. The Balaban J connectivity index is 2.11. The van der Waals surface area contributed by atoms with Crippen molar-refractivity contribution in [1.29, 1.82) is 0 Å². The maximum Gasteiger partial charge on any atom is 0.270 e. The SMILES string of the molecule is C[C@H](O)c1cc([N+](=O)[O-])ccc1OCC1CCCO1. The van der Waals surface area contributed by atoms with Crippen molar-refractivity contribution < 1.29 is 19.5 Å². The van der Waals surface area contributed by atoms with Crippen molar-refractivity contribution in [2.45, 2.75) is 32.0 Å². The van der Waals surface area contributed by atoms with E-state index in [0.717, 1.165) is 19.4 Å². The first-order chi connectivity index (χ1) is 9.08. The number of nitro benzene ring substituents is 1. The van der Waals surface area contributed by atoms with Crippen LogP contribution >= 0.6 is 0 Å². The van der Waals surface area contributed by atoms with E-state index in [1.807, 2.05) is 0 Å². The fraction of sp³-hybridized carbons (Fsp3) is 0.538. The zero-order valence-electron chi connectivity index (χ0n) is 10.7. The van der Waals surface area contributed by atoms with Crippen LogP contribution in [0.3, 0.4) is 0 Å². The molecule has 1 heterocycles. The Morgan fingerprint density at radius 3 is 3.00 bits per heavy atom. The Hall–Kier alpha value is -1.66. The van der Waals surface area contributed by atoms with Crippen LogP contribution in [-0.2, 0) is 4.74 Å². The van der Waals surface area contributed by atoms with Gasteiger partial charge in [-0.3, -0.25) is 10.1 Å². The predicted molar refractivity (Wildman–Crippen MR) is 68.2 cm³/mol. The molecule has 6 heteroatoms. The Morgan fingerprint density at radius 1 is 1.63 bits per heavy atom. The average molecular weight is 267 g/mol. The molecular weight excluding hydrogens is 250 g/mol. The maximum absolute atomic E-state index is 10.7. The van der Waals surface area contributed by atoms with E-state index in [4.69, 9.17) is 9.47 Å². The largest absolute Gasteiger partial charge is 0.490 e. The maximum atomic E-state index is 10.7. The van der Waals surface area contributed by atoms with Crippen molar-refractivity contribution in [3.8, 4) is 5.75 Å². The lowest BCUT2D eigenvalue weighted by Gasteiger charge is -2.15. The number of ether oxygens (including phenoxy) is 2. The summed E-state index contributed by atoms with van der Waals surface area (Å²) in [6.07, 6.45) is 1.23. The zero-order chi connectivity index (χ0) is 13.8. The van der Waals surface area contributed by atoms with E-state index in [9.17, 15) is 15.2 Å². The van der Waals surface area contributed by atoms with E-state index in [0.29, 0.717) is 17.9 Å². The third kappa shape index (κ3) is 3.42. The second kappa shape index (κ2) is 5.99. The van der Waals surface area contributed by atoms with Crippen LogP contribution < -0.4 is 4.74 Å². The summed E-state index contributed by atoms with van der Waals surface area (Å²) < 4.78 is 11.1. The van der Waals surface area contributed by atoms with Gasteiger partial charge in [-0.05, 0) is 25.8 Å².